The first kappa shape index (κ1) is 15.9. The van der Waals surface area contributed by atoms with E-state index in [9.17, 15) is 9.59 Å². The molecule has 0 saturated heterocycles. The number of methoxy groups -OCH3 is 2. The highest BCUT2D eigenvalue weighted by Crippen LogP contribution is 2.35. The molecule has 0 aliphatic carbocycles. The normalized spacial score (nSPS) is 10.1. The van der Waals surface area contributed by atoms with Gasteiger partial charge < -0.3 is 19.4 Å². The second-order valence-corrected chi connectivity index (χ2v) is 4.81. The molecule has 0 spiro atoms. The lowest BCUT2D eigenvalue weighted by Crippen LogP contribution is -2.26. The molecule has 0 saturated carbocycles. The fourth-order valence-corrected chi connectivity index (χ4v) is 2.13. The molecule has 1 heterocycles. The zero-order chi connectivity index (χ0) is 16.1. The molecular formula is C15H15ClN2O4. The molecule has 2 rings (SSSR count). The van der Waals surface area contributed by atoms with Crippen molar-refractivity contribution >= 4 is 23.2 Å². The number of rotatable bonds is 5. The van der Waals surface area contributed by atoms with Gasteiger partial charge in [0.2, 0.25) is 5.91 Å². The third-order valence-corrected chi connectivity index (χ3v) is 3.26. The van der Waals surface area contributed by atoms with Crippen molar-refractivity contribution in [2.24, 2.45) is 0 Å². The Morgan fingerprint density at radius 3 is 2.59 bits per heavy atom. The van der Waals surface area contributed by atoms with Gasteiger partial charge in [-0.1, -0.05) is 17.7 Å². The molecule has 0 unspecified atom stereocenters. The summed E-state index contributed by atoms with van der Waals surface area (Å²) in [5, 5.41) is 3.01. The van der Waals surface area contributed by atoms with Gasteiger partial charge in [0.25, 0.3) is 5.56 Å². The summed E-state index contributed by atoms with van der Waals surface area (Å²) >= 11 is 6.04. The number of hydrogen-bond donors (Lipinski definition) is 1. The van der Waals surface area contributed by atoms with Crippen molar-refractivity contribution in [1.29, 1.82) is 0 Å². The molecule has 1 N–H and O–H groups in total. The lowest BCUT2D eigenvalue weighted by Gasteiger charge is -2.13. The van der Waals surface area contributed by atoms with Crippen LogP contribution in [0.1, 0.15) is 0 Å². The largest absolute Gasteiger partial charge is 0.495 e. The summed E-state index contributed by atoms with van der Waals surface area (Å²) in [7, 11) is 2.96. The smallest absolute Gasteiger partial charge is 0.250 e. The number of aromatic nitrogens is 1. The molecule has 1 amide bonds. The summed E-state index contributed by atoms with van der Waals surface area (Å²) in [6.45, 7) is -0.105. The number of carbonyl (C=O) groups is 1. The van der Waals surface area contributed by atoms with Crippen molar-refractivity contribution in [3.63, 3.8) is 0 Å². The Bertz CT molecular complexity index is 743. The number of carbonyl (C=O) groups excluding carboxylic acids is 1. The Labute approximate surface area is 132 Å². The number of hydrogen-bond acceptors (Lipinski definition) is 4. The minimum atomic E-state index is -0.368. The lowest BCUT2D eigenvalue weighted by molar-refractivity contribution is -0.116. The first-order chi connectivity index (χ1) is 10.5. The van der Waals surface area contributed by atoms with Gasteiger partial charge in [-0.2, -0.15) is 0 Å². The Balaban J connectivity index is 2.20. The van der Waals surface area contributed by atoms with Crippen molar-refractivity contribution < 1.29 is 14.3 Å². The zero-order valence-electron chi connectivity index (χ0n) is 12.1. The maximum Gasteiger partial charge on any atom is 0.250 e. The Kier molecular flexibility index (Phi) is 5.06. The summed E-state index contributed by atoms with van der Waals surface area (Å²) in [5.74, 6) is 0.485. The molecule has 0 bridgehead atoms. The third kappa shape index (κ3) is 3.59. The number of anilines is 1. The van der Waals surface area contributed by atoms with Crippen molar-refractivity contribution in [2.75, 3.05) is 19.5 Å². The number of nitrogens with one attached hydrogen (secondary N) is 1. The average Bonchev–Trinajstić information content (AvgIpc) is 2.50. The number of amides is 1. The molecule has 7 heteroatoms. The van der Waals surface area contributed by atoms with Crippen LogP contribution in [-0.2, 0) is 11.3 Å². The second-order valence-electron chi connectivity index (χ2n) is 4.40. The van der Waals surface area contributed by atoms with Crippen molar-refractivity contribution in [3.05, 3.63) is 51.9 Å². The first-order valence-electron chi connectivity index (χ1n) is 6.42. The van der Waals surface area contributed by atoms with Gasteiger partial charge in [-0.25, -0.2) is 0 Å². The summed E-state index contributed by atoms with van der Waals surface area (Å²) in [6.07, 6.45) is 1.54. The van der Waals surface area contributed by atoms with Crippen LogP contribution in [0, 0.1) is 0 Å². The van der Waals surface area contributed by atoms with Gasteiger partial charge in [0.05, 0.1) is 24.9 Å². The van der Waals surface area contributed by atoms with Gasteiger partial charge in [0, 0.05) is 18.3 Å². The highest BCUT2D eigenvalue weighted by atomic mass is 35.5. The van der Waals surface area contributed by atoms with E-state index in [4.69, 9.17) is 21.1 Å². The quantitative estimate of drug-likeness (QED) is 0.916. The summed E-state index contributed by atoms with van der Waals surface area (Å²) in [4.78, 5) is 23.7. The number of benzene rings is 1. The molecule has 2 aromatic rings. The van der Waals surface area contributed by atoms with E-state index in [2.05, 4.69) is 5.32 Å². The molecule has 6 nitrogen and oxygen atoms in total. The zero-order valence-corrected chi connectivity index (χ0v) is 12.9. The van der Waals surface area contributed by atoms with Crippen LogP contribution in [0.25, 0.3) is 0 Å². The van der Waals surface area contributed by atoms with E-state index < -0.39 is 0 Å². The van der Waals surface area contributed by atoms with Crippen molar-refractivity contribution in [1.82, 2.24) is 4.57 Å². The van der Waals surface area contributed by atoms with Gasteiger partial charge >= 0.3 is 0 Å². The number of halogens is 1. The Hall–Kier alpha value is -2.47. The minimum absolute atomic E-state index is 0.105. The van der Waals surface area contributed by atoms with E-state index in [1.54, 1.807) is 24.4 Å². The summed E-state index contributed by atoms with van der Waals surface area (Å²) < 4.78 is 11.6. The molecule has 0 aliphatic heterocycles. The van der Waals surface area contributed by atoms with E-state index in [0.29, 0.717) is 22.2 Å². The van der Waals surface area contributed by atoms with Gasteiger partial charge in [-0.05, 0) is 12.1 Å². The monoisotopic (exact) mass is 322 g/mol. The molecular weight excluding hydrogens is 308 g/mol. The van der Waals surface area contributed by atoms with E-state index >= 15 is 0 Å². The highest BCUT2D eigenvalue weighted by molar-refractivity contribution is 6.32. The van der Waals surface area contributed by atoms with Crippen LogP contribution in [0.3, 0.4) is 0 Å². The van der Waals surface area contributed by atoms with Gasteiger partial charge in [-0.15, -0.1) is 0 Å². The summed E-state index contributed by atoms with van der Waals surface area (Å²) in [6, 6.07) is 7.79. The van der Waals surface area contributed by atoms with Crippen molar-refractivity contribution in [2.45, 2.75) is 6.54 Å². The van der Waals surface area contributed by atoms with Crippen LogP contribution in [0.15, 0.2) is 41.3 Å². The number of nitrogens with zero attached hydrogens (tertiary/aromatic N) is 1. The van der Waals surface area contributed by atoms with Crippen LogP contribution in [0.4, 0.5) is 5.69 Å². The molecule has 0 radical (unpaired) electrons. The number of pyridine rings is 1. The van der Waals surface area contributed by atoms with Gasteiger partial charge in [0.1, 0.15) is 18.0 Å². The van der Waals surface area contributed by atoms with Crippen LogP contribution in [0.5, 0.6) is 11.5 Å². The third-order valence-electron chi connectivity index (χ3n) is 2.96. The van der Waals surface area contributed by atoms with Gasteiger partial charge in [-0.3, -0.25) is 9.59 Å². The Morgan fingerprint density at radius 2 is 1.95 bits per heavy atom. The maximum atomic E-state index is 12.1. The number of ether oxygens (including phenoxy) is 2. The molecule has 0 aliphatic rings. The van der Waals surface area contributed by atoms with E-state index in [1.807, 2.05) is 0 Å². The first-order valence-corrected chi connectivity index (χ1v) is 6.79. The fraction of sp³-hybridized carbons (Fsp3) is 0.200. The molecule has 116 valence electrons. The standard InChI is InChI=1S/C15H15ClN2O4/c1-21-12-8-13(22-2)11(7-10(12)16)17-14(19)9-18-6-4-3-5-15(18)20/h3-8H,9H2,1-2H3,(H,17,19). The molecule has 1 aromatic heterocycles. The predicted octanol–water partition coefficient (Wildman–Crippen LogP) is 2.16. The Morgan fingerprint density at radius 1 is 1.23 bits per heavy atom. The SMILES string of the molecule is COc1cc(OC)c(NC(=O)Cn2ccccc2=O)cc1Cl. The molecule has 0 fully saturated rings. The predicted molar refractivity (Wildman–Crippen MR) is 83.9 cm³/mol. The van der Waals surface area contributed by atoms with Crippen LogP contribution < -0.4 is 20.3 Å². The van der Waals surface area contributed by atoms with Gasteiger partial charge in [0.15, 0.2) is 0 Å². The molecule has 1 aromatic carbocycles. The molecule has 0 atom stereocenters. The van der Waals surface area contributed by atoms with E-state index in [1.165, 1.54) is 30.9 Å². The second kappa shape index (κ2) is 7.00. The van der Waals surface area contributed by atoms with E-state index in [0.717, 1.165) is 0 Å². The topological polar surface area (TPSA) is 69.6 Å². The average molecular weight is 323 g/mol. The van der Waals surface area contributed by atoms with Crippen molar-refractivity contribution in [3.8, 4) is 11.5 Å². The van der Waals surface area contributed by atoms with Crippen LogP contribution >= 0.6 is 11.6 Å². The van der Waals surface area contributed by atoms with Crippen LogP contribution in [-0.4, -0.2) is 24.7 Å². The maximum absolute atomic E-state index is 12.1. The highest BCUT2D eigenvalue weighted by Gasteiger charge is 2.13. The van der Waals surface area contributed by atoms with E-state index in [-0.39, 0.29) is 18.0 Å². The summed E-state index contributed by atoms with van der Waals surface area (Å²) in [5.41, 5.74) is 0.152. The lowest BCUT2D eigenvalue weighted by atomic mass is 10.2. The molecule has 22 heavy (non-hydrogen) atoms. The fourth-order valence-electron chi connectivity index (χ4n) is 1.89. The minimum Gasteiger partial charge on any atom is -0.495 e. The van der Waals surface area contributed by atoms with Crippen LogP contribution in [0.2, 0.25) is 5.02 Å².